The molecule has 0 aliphatic rings. The van der Waals surface area contributed by atoms with Crippen molar-refractivity contribution in [3.63, 3.8) is 0 Å². The van der Waals surface area contributed by atoms with Crippen molar-refractivity contribution < 1.29 is 21.6 Å². The summed E-state index contributed by atoms with van der Waals surface area (Å²) in [6.07, 6.45) is -4.79. The Balaban J connectivity index is 3.46. The Hall–Kier alpha value is -1.61. The zero-order chi connectivity index (χ0) is 16.4. The summed E-state index contributed by atoms with van der Waals surface area (Å²) in [7, 11) is -4.42. The number of nitrogens with one attached hydrogen (secondary N) is 1. The maximum absolute atomic E-state index is 13.0. The molecule has 1 aromatic rings. The van der Waals surface area contributed by atoms with Crippen molar-refractivity contribution in [1.29, 1.82) is 5.41 Å². The highest BCUT2D eigenvalue weighted by molar-refractivity contribution is 7.89. The van der Waals surface area contributed by atoms with E-state index in [1.165, 1.54) is 19.9 Å². The molecular weight excluding hydrogens is 307 g/mol. The topological polar surface area (TPSA) is 87.2 Å². The zero-order valence-corrected chi connectivity index (χ0v) is 12.3. The second kappa shape index (κ2) is 6.02. The molecule has 0 saturated carbocycles. The van der Waals surface area contributed by atoms with Gasteiger partial charge in [-0.1, -0.05) is 12.1 Å². The number of nitrogens with zero attached hydrogens (tertiary/aromatic N) is 1. The first-order valence-electron chi connectivity index (χ1n) is 5.99. The Morgan fingerprint density at radius 2 is 1.86 bits per heavy atom. The van der Waals surface area contributed by atoms with Gasteiger partial charge in [-0.05, 0) is 26.0 Å². The Labute approximate surface area is 121 Å². The second-order valence-electron chi connectivity index (χ2n) is 4.66. The number of benzene rings is 1. The van der Waals surface area contributed by atoms with Crippen LogP contribution in [0.3, 0.4) is 0 Å². The van der Waals surface area contributed by atoms with Gasteiger partial charge in [-0.25, -0.2) is 8.42 Å². The summed E-state index contributed by atoms with van der Waals surface area (Å²) in [4.78, 5) is -0.840. The SMILES string of the molecule is CC(C)N(CC(=N)N)S(=O)(=O)c1ccccc1C(F)(F)F. The number of rotatable bonds is 5. The Bertz CT molecular complexity index is 627. The fourth-order valence-corrected chi connectivity index (χ4v) is 3.59. The van der Waals surface area contributed by atoms with Crippen LogP contribution in [0.25, 0.3) is 0 Å². The van der Waals surface area contributed by atoms with Crippen LogP contribution >= 0.6 is 0 Å². The van der Waals surface area contributed by atoms with Gasteiger partial charge in [0.2, 0.25) is 10.0 Å². The van der Waals surface area contributed by atoms with E-state index in [1.807, 2.05) is 0 Å². The third kappa shape index (κ3) is 3.94. The van der Waals surface area contributed by atoms with Crippen LogP contribution in [-0.2, 0) is 16.2 Å². The molecule has 0 bridgehead atoms. The van der Waals surface area contributed by atoms with Gasteiger partial charge in [-0.15, -0.1) is 0 Å². The van der Waals surface area contributed by atoms with Crippen molar-refractivity contribution in [3.8, 4) is 0 Å². The lowest BCUT2D eigenvalue weighted by Gasteiger charge is -2.26. The lowest BCUT2D eigenvalue weighted by atomic mass is 10.2. The van der Waals surface area contributed by atoms with Crippen molar-refractivity contribution in [2.24, 2.45) is 5.73 Å². The molecule has 0 unspecified atom stereocenters. The minimum absolute atomic E-state index is 0.447. The molecule has 1 aromatic carbocycles. The number of hydrogen-bond acceptors (Lipinski definition) is 3. The van der Waals surface area contributed by atoms with E-state index in [1.54, 1.807) is 0 Å². The number of amidine groups is 1. The minimum atomic E-state index is -4.79. The van der Waals surface area contributed by atoms with Crippen LogP contribution in [0.2, 0.25) is 0 Å². The molecule has 21 heavy (non-hydrogen) atoms. The largest absolute Gasteiger partial charge is 0.417 e. The van der Waals surface area contributed by atoms with E-state index in [2.05, 4.69) is 0 Å². The van der Waals surface area contributed by atoms with E-state index >= 15 is 0 Å². The number of halogens is 3. The zero-order valence-electron chi connectivity index (χ0n) is 11.5. The molecule has 0 heterocycles. The van der Waals surface area contributed by atoms with E-state index in [9.17, 15) is 21.6 Å². The average Bonchev–Trinajstić information content (AvgIpc) is 2.34. The van der Waals surface area contributed by atoms with Gasteiger partial charge >= 0.3 is 6.18 Å². The number of alkyl halides is 3. The van der Waals surface area contributed by atoms with E-state index in [4.69, 9.17) is 11.1 Å². The first-order chi connectivity index (χ1) is 9.48. The third-order valence-electron chi connectivity index (χ3n) is 2.68. The van der Waals surface area contributed by atoms with Crippen LogP contribution < -0.4 is 5.73 Å². The van der Waals surface area contributed by atoms with Gasteiger partial charge in [0.25, 0.3) is 0 Å². The lowest BCUT2D eigenvalue weighted by molar-refractivity contribution is -0.139. The molecule has 0 aliphatic carbocycles. The monoisotopic (exact) mass is 323 g/mol. The molecule has 0 fully saturated rings. The lowest BCUT2D eigenvalue weighted by Crippen LogP contribution is -2.43. The molecule has 0 amide bonds. The molecule has 0 radical (unpaired) electrons. The molecule has 0 saturated heterocycles. The van der Waals surface area contributed by atoms with Gasteiger partial charge in [0.05, 0.1) is 17.0 Å². The average molecular weight is 323 g/mol. The van der Waals surface area contributed by atoms with Crippen molar-refractivity contribution in [2.45, 2.75) is 31.0 Å². The molecule has 5 nitrogen and oxygen atoms in total. The fraction of sp³-hybridized carbons (Fsp3) is 0.417. The van der Waals surface area contributed by atoms with Gasteiger partial charge in [-0.2, -0.15) is 17.5 Å². The summed E-state index contributed by atoms with van der Waals surface area (Å²) in [5.41, 5.74) is 3.95. The van der Waals surface area contributed by atoms with Crippen molar-refractivity contribution in [1.82, 2.24) is 4.31 Å². The van der Waals surface area contributed by atoms with Gasteiger partial charge < -0.3 is 5.73 Å². The quantitative estimate of drug-likeness (QED) is 0.642. The van der Waals surface area contributed by atoms with E-state index < -0.39 is 45.1 Å². The standard InChI is InChI=1S/C12H16F3N3O2S/c1-8(2)18(7-11(16)17)21(19,20)10-6-4-3-5-9(10)12(13,14)15/h3-6,8H,7H2,1-2H3,(H3,16,17). The van der Waals surface area contributed by atoms with E-state index in [0.29, 0.717) is 6.07 Å². The predicted molar refractivity (Wildman–Crippen MR) is 72.4 cm³/mol. The van der Waals surface area contributed by atoms with Gasteiger partial charge in [0.1, 0.15) is 5.84 Å². The highest BCUT2D eigenvalue weighted by atomic mass is 32.2. The predicted octanol–water partition coefficient (Wildman–Crippen LogP) is 2.04. The molecule has 118 valence electrons. The molecule has 0 atom stereocenters. The molecule has 3 N–H and O–H groups in total. The number of hydrogen-bond donors (Lipinski definition) is 2. The van der Waals surface area contributed by atoms with Crippen molar-refractivity contribution in [3.05, 3.63) is 29.8 Å². The highest BCUT2D eigenvalue weighted by Gasteiger charge is 2.39. The Morgan fingerprint density at radius 1 is 1.33 bits per heavy atom. The highest BCUT2D eigenvalue weighted by Crippen LogP contribution is 2.35. The van der Waals surface area contributed by atoms with Crippen LogP contribution in [-0.4, -0.2) is 31.1 Å². The molecule has 9 heteroatoms. The summed E-state index contributed by atoms with van der Waals surface area (Å²) in [6, 6.07) is 3.30. The van der Waals surface area contributed by atoms with Gasteiger partial charge in [0, 0.05) is 6.04 Å². The smallest absolute Gasteiger partial charge is 0.387 e. The summed E-state index contributed by atoms with van der Waals surface area (Å²) in [6.45, 7) is 2.53. The van der Waals surface area contributed by atoms with Crippen LogP contribution in [0.5, 0.6) is 0 Å². The van der Waals surface area contributed by atoms with Crippen LogP contribution in [0.1, 0.15) is 19.4 Å². The summed E-state index contributed by atoms with van der Waals surface area (Å²) in [5, 5.41) is 7.19. The third-order valence-corrected chi connectivity index (χ3v) is 4.76. The molecule has 0 spiro atoms. The molecule has 0 aromatic heterocycles. The normalized spacial score (nSPS) is 12.9. The van der Waals surface area contributed by atoms with Crippen LogP contribution in [0, 0.1) is 5.41 Å². The van der Waals surface area contributed by atoms with E-state index in [-0.39, 0.29) is 0 Å². The number of sulfonamides is 1. The molecule has 1 rings (SSSR count). The summed E-state index contributed by atoms with van der Waals surface area (Å²) < 4.78 is 64.5. The maximum Gasteiger partial charge on any atom is 0.417 e. The summed E-state index contributed by atoms with van der Waals surface area (Å²) in [5.74, 6) is -0.447. The molecular formula is C12H16F3N3O2S. The second-order valence-corrected chi connectivity index (χ2v) is 6.52. The minimum Gasteiger partial charge on any atom is -0.387 e. The Kier molecular flexibility index (Phi) is 5.00. The van der Waals surface area contributed by atoms with Crippen molar-refractivity contribution >= 4 is 15.9 Å². The first kappa shape index (κ1) is 17.4. The fourth-order valence-electron chi connectivity index (χ4n) is 1.77. The van der Waals surface area contributed by atoms with Crippen LogP contribution in [0.15, 0.2) is 29.2 Å². The summed E-state index contributed by atoms with van der Waals surface area (Å²) >= 11 is 0. The van der Waals surface area contributed by atoms with Gasteiger partial charge in [-0.3, -0.25) is 5.41 Å². The Morgan fingerprint density at radius 3 is 2.29 bits per heavy atom. The van der Waals surface area contributed by atoms with Crippen molar-refractivity contribution in [2.75, 3.05) is 6.54 Å². The number of nitrogens with two attached hydrogens (primary N) is 1. The van der Waals surface area contributed by atoms with Crippen LogP contribution in [0.4, 0.5) is 13.2 Å². The molecule has 0 aliphatic heterocycles. The first-order valence-corrected chi connectivity index (χ1v) is 7.43. The van der Waals surface area contributed by atoms with E-state index in [0.717, 1.165) is 16.4 Å². The van der Waals surface area contributed by atoms with Gasteiger partial charge in [0.15, 0.2) is 0 Å². The maximum atomic E-state index is 13.0.